The van der Waals surface area contributed by atoms with Crippen molar-refractivity contribution in [2.24, 2.45) is 5.92 Å². The molecule has 2 aromatic carbocycles. The van der Waals surface area contributed by atoms with Crippen LogP contribution in [0.15, 0.2) is 66.3 Å². The Kier molecular flexibility index (Phi) is 6.95. The Labute approximate surface area is 233 Å². The number of rotatable bonds is 5. The third kappa shape index (κ3) is 4.97. The maximum Gasteiger partial charge on any atom is 0.132 e. The van der Waals surface area contributed by atoms with Crippen molar-refractivity contribution in [2.75, 3.05) is 19.6 Å². The van der Waals surface area contributed by atoms with E-state index in [2.05, 4.69) is 56.0 Å². The van der Waals surface area contributed by atoms with Crippen LogP contribution >= 0.6 is 0 Å². The van der Waals surface area contributed by atoms with Crippen LogP contribution in [0, 0.1) is 11.7 Å². The highest BCUT2D eigenvalue weighted by molar-refractivity contribution is 5.82. The minimum atomic E-state index is -0.417. The summed E-state index contributed by atoms with van der Waals surface area (Å²) in [5.41, 5.74) is 4.65. The lowest BCUT2D eigenvalue weighted by Gasteiger charge is -2.43. The second-order valence-corrected chi connectivity index (χ2v) is 12.8. The summed E-state index contributed by atoms with van der Waals surface area (Å²) in [5.74, 6) is 1.71. The molecule has 2 heterocycles. The maximum absolute atomic E-state index is 13.7. The fraction of sp³-hybridized carbons (Fsp3) is 0.486. The third-order valence-corrected chi connectivity index (χ3v) is 9.83. The summed E-state index contributed by atoms with van der Waals surface area (Å²) in [6.07, 6.45) is 17.7. The Hall–Kier alpha value is -2.85. The minimum Gasteiger partial charge on any atom is -0.507 e. The van der Waals surface area contributed by atoms with E-state index >= 15 is 0 Å². The van der Waals surface area contributed by atoms with Crippen molar-refractivity contribution in [1.82, 2.24) is 4.90 Å². The fourth-order valence-corrected chi connectivity index (χ4v) is 7.51. The van der Waals surface area contributed by atoms with Gasteiger partial charge in [-0.2, -0.15) is 0 Å². The van der Waals surface area contributed by atoms with Gasteiger partial charge in [0.2, 0.25) is 0 Å². The van der Waals surface area contributed by atoms with Crippen LogP contribution in [-0.2, 0) is 5.41 Å². The number of ether oxygens (including phenoxy) is 1. The zero-order chi connectivity index (χ0) is 27.2. The van der Waals surface area contributed by atoms with Crippen LogP contribution in [0.1, 0.15) is 88.3 Å². The molecule has 0 bridgehead atoms. The van der Waals surface area contributed by atoms with E-state index < -0.39 is 11.0 Å². The lowest BCUT2D eigenvalue weighted by atomic mass is 9.66. The number of phenolic OH excluding ortho intramolecular Hbond substituents is 1. The molecule has 0 amide bonds. The average Bonchev–Trinajstić information content (AvgIpc) is 2.92. The van der Waals surface area contributed by atoms with E-state index in [1.165, 1.54) is 61.8 Å². The SMILES string of the molecule is CC1(C)Oc2cc(C3(C)C=CC=CC3c3ccc(F)cc3)cc(O)c2C2=C1CCN(CCC1CCCCC1)C2. The average molecular weight is 528 g/mol. The second-order valence-electron chi connectivity index (χ2n) is 12.8. The molecule has 1 saturated carbocycles. The predicted molar refractivity (Wildman–Crippen MR) is 157 cm³/mol. The second kappa shape index (κ2) is 10.3. The number of halogens is 1. The Morgan fingerprint density at radius 3 is 2.56 bits per heavy atom. The van der Waals surface area contributed by atoms with E-state index in [1.807, 2.05) is 18.2 Å². The van der Waals surface area contributed by atoms with E-state index in [4.69, 9.17) is 4.74 Å². The van der Waals surface area contributed by atoms with Gasteiger partial charge in [-0.1, -0.05) is 75.5 Å². The molecule has 2 atom stereocenters. The van der Waals surface area contributed by atoms with Gasteiger partial charge >= 0.3 is 0 Å². The van der Waals surface area contributed by atoms with Crippen molar-refractivity contribution in [3.05, 3.63) is 88.8 Å². The van der Waals surface area contributed by atoms with Gasteiger partial charge in [-0.3, -0.25) is 4.90 Å². The number of benzene rings is 2. The molecule has 2 aromatic rings. The van der Waals surface area contributed by atoms with Crippen molar-refractivity contribution in [3.8, 4) is 11.5 Å². The Bertz CT molecular complexity index is 1310. The number of phenols is 1. The molecule has 2 aliphatic heterocycles. The molecule has 6 rings (SSSR count). The van der Waals surface area contributed by atoms with Gasteiger partial charge < -0.3 is 9.84 Å². The van der Waals surface area contributed by atoms with Crippen molar-refractivity contribution in [1.29, 1.82) is 0 Å². The molecule has 1 fully saturated rings. The number of hydrogen-bond acceptors (Lipinski definition) is 3. The van der Waals surface area contributed by atoms with Crippen LogP contribution in [0.2, 0.25) is 0 Å². The Morgan fingerprint density at radius 2 is 1.79 bits per heavy atom. The van der Waals surface area contributed by atoms with Crippen molar-refractivity contribution in [3.63, 3.8) is 0 Å². The van der Waals surface area contributed by atoms with E-state index in [-0.39, 0.29) is 11.7 Å². The zero-order valence-corrected chi connectivity index (χ0v) is 23.7. The van der Waals surface area contributed by atoms with Crippen LogP contribution in [-0.4, -0.2) is 35.2 Å². The molecule has 39 heavy (non-hydrogen) atoms. The molecule has 1 N–H and O–H groups in total. The molecule has 2 aliphatic carbocycles. The van der Waals surface area contributed by atoms with Gasteiger partial charge in [0.1, 0.15) is 22.9 Å². The third-order valence-electron chi connectivity index (χ3n) is 9.83. The van der Waals surface area contributed by atoms with Gasteiger partial charge in [-0.15, -0.1) is 0 Å². The van der Waals surface area contributed by atoms with Crippen LogP contribution in [0.5, 0.6) is 11.5 Å². The predicted octanol–water partition coefficient (Wildman–Crippen LogP) is 8.30. The summed E-state index contributed by atoms with van der Waals surface area (Å²) in [6, 6.07) is 10.8. The molecule has 4 aliphatic rings. The van der Waals surface area contributed by atoms with Gasteiger partial charge in [0.25, 0.3) is 0 Å². The topological polar surface area (TPSA) is 32.7 Å². The highest BCUT2D eigenvalue weighted by atomic mass is 19.1. The number of hydrogen-bond donors (Lipinski definition) is 1. The number of nitrogens with zero attached hydrogens (tertiary/aromatic N) is 1. The molecular weight excluding hydrogens is 485 g/mol. The molecule has 0 radical (unpaired) electrons. The van der Waals surface area contributed by atoms with E-state index in [0.717, 1.165) is 54.4 Å². The quantitative estimate of drug-likeness (QED) is 0.424. The molecule has 0 saturated heterocycles. The lowest BCUT2D eigenvalue weighted by molar-refractivity contribution is 0.129. The largest absolute Gasteiger partial charge is 0.507 e. The maximum atomic E-state index is 13.7. The summed E-state index contributed by atoms with van der Waals surface area (Å²) in [5, 5.41) is 11.6. The van der Waals surface area contributed by atoms with E-state index in [9.17, 15) is 9.50 Å². The van der Waals surface area contributed by atoms with Crippen LogP contribution in [0.4, 0.5) is 4.39 Å². The fourth-order valence-electron chi connectivity index (χ4n) is 7.51. The minimum absolute atomic E-state index is 0.0110. The first-order chi connectivity index (χ1) is 18.7. The molecule has 2 unspecified atom stereocenters. The monoisotopic (exact) mass is 527 g/mol. The van der Waals surface area contributed by atoms with Crippen LogP contribution in [0.25, 0.3) is 5.57 Å². The summed E-state index contributed by atoms with van der Waals surface area (Å²) < 4.78 is 20.4. The van der Waals surface area contributed by atoms with Crippen LogP contribution < -0.4 is 4.74 Å². The van der Waals surface area contributed by atoms with Gasteiger partial charge in [-0.25, -0.2) is 4.39 Å². The number of allylic oxidation sites excluding steroid dienone is 4. The highest BCUT2D eigenvalue weighted by Crippen LogP contribution is 2.52. The van der Waals surface area contributed by atoms with Gasteiger partial charge in [0.05, 0.1) is 5.56 Å². The van der Waals surface area contributed by atoms with Gasteiger partial charge in [0, 0.05) is 24.4 Å². The normalized spacial score (nSPS) is 26.7. The van der Waals surface area contributed by atoms with E-state index in [0.29, 0.717) is 5.75 Å². The van der Waals surface area contributed by atoms with Crippen LogP contribution in [0.3, 0.4) is 0 Å². The first kappa shape index (κ1) is 26.4. The van der Waals surface area contributed by atoms with E-state index in [1.54, 1.807) is 0 Å². The molecule has 0 aromatic heterocycles. The smallest absolute Gasteiger partial charge is 0.132 e. The Morgan fingerprint density at radius 1 is 1.03 bits per heavy atom. The van der Waals surface area contributed by atoms with Crippen molar-refractivity contribution in [2.45, 2.75) is 82.7 Å². The molecule has 206 valence electrons. The Balaban J connectivity index is 1.32. The first-order valence-electron chi connectivity index (χ1n) is 14.9. The molecule has 3 nitrogen and oxygen atoms in total. The summed E-state index contributed by atoms with van der Waals surface area (Å²) in [6.45, 7) is 9.58. The first-order valence-corrected chi connectivity index (χ1v) is 14.9. The summed E-state index contributed by atoms with van der Waals surface area (Å²) >= 11 is 0. The molecule has 4 heteroatoms. The van der Waals surface area contributed by atoms with Gasteiger partial charge in [0.15, 0.2) is 0 Å². The van der Waals surface area contributed by atoms with Crippen molar-refractivity contribution < 1.29 is 14.2 Å². The molecular formula is C35H42FNO2. The van der Waals surface area contributed by atoms with Gasteiger partial charge in [-0.05, 0) is 85.7 Å². The number of fused-ring (bicyclic) bond motifs is 2. The summed E-state index contributed by atoms with van der Waals surface area (Å²) in [4.78, 5) is 2.59. The number of aromatic hydroxyl groups is 1. The van der Waals surface area contributed by atoms with Crippen molar-refractivity contribution >= 4 is 5.57 Å². The lowest BCUT2D eigenvalue weighted by Crippen LogP contribution is -2.42. The standard InChI is InChI=1S/C35H42FNO2/c1-34(2)30-17-20-37(19-16-24-9-5-4-6-10-24)23-28(30)33-31(38)21-26(22-32(33)39-34)35(3)18-8-7-11-29(35)25-12-14-27(36)15-13-25/h7-8,11-15,18,21-22,24,29,38H,4-6,9-10,16-17,19-20,23H2,1-3H3. The zero-order valence-electron chi connectivity index (χ0n) is 23.7. The summed E-state index contributed by atoms with van der Waals surface area (Å²) in [7, 11) is 0. The highest BCUT2D eigenvalue weighted by Gasteiger charge is 2.41. The molecule has 0 spiro atoms.